The molecule has 0 aliphatic heterocycles. The highest BCUT2D eigenvalue weighted by Crippen LogP contribution is 2.07. The zero-order chi connectivity index (χ0) is 9.30. The van der Waals surface area contributed by atoms with Crippen LogP contribution in [0.15, 0.2) is 22.7 Å². The fourth-order valence-corrected chi connectivity index (χ4v) is 0.625. The van der Waals surface area contributed by atoms with E-state index in [1.54, 1.807) is 6.07 Å². The monoisotopic (exact) mass is 185 g/mol. The zero-order valence-electron chi connectivity index (χ0n) is 7.27. The normalized spacial score (nSPS) is 13.1. The smallest absolute Gasteiger partial charge is 0.141 e. The van der Waals surface area contributed by atoms with Crippen LogP contribution in [0.1, 0.15) is 9.81 Å². The fourth-order valence-electron chi connectivity index (χ4n) is 0.349. The van der Waals surface area contributed by atoms with Crippen LogP contribution in [0.2, 0.25) is 0 Å². The van der Waals surface area contributed by atoms with Crippen LogP contribution in [0.4, 0.5) is 0 Å². The Hall–Kier alpha value is -0.880. The Labute approximate surface area is 65.5 Å². The zero-order valence-corrected chi connectivity index (χ0v) is 5.86. The van der Waals surface area contributed by atoms with Gasteiger partial charge in [0.05, 0.1) is 4.11 Å². The minimum absolute atomic E-state index is 0.136. The van der Waals surface area contributed by atoms with Gasteiger partial charge in [-0.15, -0.1) is 0 Å². The van der Waals surface area contributed by atoms with Crippen molar-refractivity contribution in [3.05, 3.63) is 28.4 Å². The minimum Gasteiger partial charge on any atom is -0.245 e. The number of nitriles is 1. The largest absolute Gasteiger partial charge is 0.245 e. The molecule has 0 fully saturated rings. The summed E-state index contributed by atoms with van der Waals surface area (Å²) in [5.74, 6) is 0. The molecule has 1 heterocycles. The Morgan fingerprint density at radius 3 is 3.33 bits per heavy atom. The number of hydrogen-bond donors (Lipinski definition) is 0. The van der Waals surface area contributed by atoms with Crippen molar-refractivity contribution in [1.29, 1.82) is 5.26 Å². The Morgan fingerprint density at radius 2 is 2.67 bits per heavy atom. The molecule has 0 unspecified atom stereocenters. The molecule has 3 heteroatoms. The first-order valence-corrected chi connectivity index (χ1v) is 2.90. The molecule has 0 aliphatic carbocycles. The molecular weight excluding hydrogens is 180 g/mol. The van der Waals surface area contributed by atoms with Gasteiger partial charge in [-0.2, -0.15) is 5.26 Å². The molecule has 0 aromatic carbocycles. The molecule has 0 amide bonds. The molecule has 2 nitrogen and oxygen atoms in total. The van der Waals surface area contributed by atoms with Crippen LogP contribution in [0, 0.1) is 11.3 Å². The number of aromatic nitrogens is 1. The van der Waals surface area contributed by atoms with E-state index in [2.05, 4.69) is 20.9 Å². The van der Waals surface area contributed by atoms with Crippen molar-refractivity contribution in [3.8, 4) is 6.07 Å². The van der Waals surface area contributed by atoms with Gasteiger partial charge in [-0.1, -0.05) is 15.9 Å². The van der Waals surface area contributed by atoms with E-state index in [1.807, 2.05) is 0 Å². The number of hydrogen-bond acceptors (Lipinski definition) is 2. The van der Waals surface area contributed by atoms with Crippen LogP contribution in [0.5, 0.6) is 0 Å². The average Bonchev–Trinajstić information content (AvgIpc) is 2.08. The lowest BCUT2D eigenvalue weighted by Crippen LogP contribution is -1.78. The van der Waals surface area contributed by atoms with Crippen LogP contribution < -0.4 is 0 Å². The van der Waals surface area contributed by atoms with Gasteiger partial charge in [-0.25, -0.2) is 4.98 Å². The Morgan fingerprint density at radius 1 is 1.89 bits per heavy atom. The molecule has 0 radical (unpaired) electrons. The van der Waals surface area contributed by atoms with Crippen molar-refractivity contribution in [2.24, 2.45) is 0 Å². The molecule has 0 bridgehead atoms. The number of rotatable bonds is 0. The van der Waals surface area contributed by atoms with E-state index >= 15 is 0 Å². The summed E-state index contributed by atoms with van der Waals surface area (Å²) in [5, 5.41) is 8.46. The highest BCUT2D eigenvalue weighted by atomic mass is 79.9. The van der Waals surface area contributed by atoms with Crippen LogP contribution in [0.25, 0.3) is 0 Å². The maximum Gasteiger partial charge on any atom is 0.141 e. The highest BCUT2D eigenvalue weighted by Gasteiger charge is 1.89. The molecule has 0 saturated heterocycles. The number of halogens is 1. The summed E-state index contributed by atoms with van der Waals surface area (Å²) >= 11 is 2.94. The van der Waals surface area contributed by atoms with Gasteiger partial charge in [-0.05, 0) is 12.1 Å². The third-order valence-corrected chi connectivity index (χ3v) is 1.06. The topological polar surface area (TPSA) is 36.7 Å². The van der Waals surface area contributed by atoms with E-state index < -0.39 is 0 Å². The summed E-state index contributed by atoms with van der Waals surface area (Å²) < 4.78 is 21.8. The summed E-state index contributed by atoms with van der Waals surface area (Å²) in [6, 6.07) is 1.36. The van der Waals surface area contributed by atoms with Gasteiger partial charge in [0.1, 0.15) is 11.8 Å². The first-order chi connectivity index (χ1) is 5.57. The first kappa shape index (κ1) is 3.33. The number of pyridine rings is 1. The Balaban J connectivity index is 3.52. The predicted molar refractivity (Wildman–Crippen MR) is 36.7 cm³/mol. The van der Waals surface area contributed by atoms with Gasteiger partial charge in [0.15, 0.2) is 0 Å². The van der Waals surface area contributed by atoms with E-state index in [0.29, 0.717) is 0 Å². The maximum atomic E-state index is 8.46. The Kier molecular flexibility index (Phi) is 0.963. The highest BCUT2D eigenvalue weighted by molar-refractivity contribution is 9.10. The van der Waals surface area contributed by atoms with Gasteiger partial charge < -0.3 is 0 Å². The summed E-state index contributed by atoms with van der Waals surface area (Å²) in [6.45, 7) is 0. The van der Waals surface area contributed by atoms with Gasteiger partial charge in [0.2, 0.25) is 0 Å². The second-order valence-corrected chi connectivity index (χ2v) is 2.04. The van der Waals surface area contributed by atoms with Crippen molar-refractivity contribution < 1.29 is 4.11 Å². The molecule has 0 N–H and O–H groups in total. The van der Waals surface area contributed by atoms with Crippen LogP contribution in [-0.2, 0) is 0 Å². The van der Waals surface area contributed by atoms with Gasteiger partial charge in [0, 0.05) is 10.6 Å². The Bertz CT molecular complexity index is 372. The molecule has 0 aliphatic rings. The molecule has 1 aromatic rings. The number of nitrogens with zero attached hydrogens (tertiary/aromatic N) is 2. The van der Waals surface area contributed by atoms with E-state index in [4.69, 9.17) is 9.37 Å². The van der Waals surface area contributed by atoms with Gasteiger partial charge in [-0.3, -0.25) is 0 Å². The van der Waals surface area contributed by atoms with E-state index in [0.717, 1.165) is 0 Å². The lowest BCUT2D eigenvalue weighted by molar-refractivity contribution is 1.25. The second-order valence-electron chi connectivity index (χ2n) is 1.25. The average molecular weight is 186 g/mol. The van der Waals surface area contributed by atoms with Crippen molar-refractivity contribution in [2.45, 2.75) is 0 Å². The van der Waals surface area contributed by atoms with Crippen LogP contribution in [0.3, 0.4) is 0 Å². The summed E-state index contributed by atoms with van der Waals surface area (Å²) in [6.07, 6.45) is -0.297. The lowest BCUT2D eigenvalue weighted by atomic mass is 10.4. The van der Waals surface area contributed by atoms with Crippen molar-refractivity contribution in [1.82, 2.24) is 4.98 Å². The minimum atomic E-state index is -0.297. The van der Waals surface area contributed by atoms with E-state index in [1.165, 1.54) is 0 Å². The summed E-state index contributed by atoms with van der Waals surface area (Å²) in [4.78, 5) is 3.45. The van der Waals surface area contributed by atoms with Crippen molar-refractivity contribution in [2.75, 3.05) is 0 Å². The van der Waals surface area contributed by atoms with E-state index in [9.17, 15) is 0 Å². The van der Waals surface area contributed by atoms with Crippen molar-refractivity contribution >= 4 is 15.9 Å². The van der Waals surface area contributed by atoms with E-state index in [-0.39, 0.29) is 28.4 Å². The molecular formula is C6H3BrN2. The van der Waals surface area contributed by atoms with Gasteiger partial charge in [0.25, 0.3) is 0 Å². The maximum absolute atomic E-state index is 8.46. The predicted octanol–water partition coefficient (Wildman–Crippen LogP) is 1.72. The molecule has 0 atom stereocenters. The summed E-state index contributed by atoms with van der Waals surface area (Å²) in [5.41, 5.74) is -0.136. The molecule has 44 valence electrons. The SMILES string of the molecule is [2H]c1nc(C#N)c([2H])c(Br)c1[2H]. The molecule has 0 spiro atoms. The van der Waals surface area contributed by atoms with Gasteiger partial charge >= 0.3 is 0 Å². The third kappa shape index (κ3) is 1.51. The van der Waals surface area contributed by atoms with Crippen molar-refractivity contribution in [3.63, 3.8) is 0 Å². The third-order valence-electron chi connectivity index (χ3n) is 0.667. The first-order valence-electron chi connectivity index (χ1n) is 3.61. The van der Waals surface area contributed by atoms with Crippen LogP contribution in [-0.4, -0.2) is 4.98 Å². The quantitative estimate of drug-likeness (QED) is 0.618. The summed E-state index contributed by atoms with van der Waals surface area (Å²) in [7, 11) is 0. The molecule has 1 rings (SSSR count). The van der Waals surface area contributed by atoms with Crippen LogP contribution >= 0.6 is 15.9 Å². The fraction of sp³-hybridized carbons (Fsp3) is 0. The second kappa shape index (κ2) is 2.60. The molecule has 1 aromatic heterocycles. The molecule has 9 heavy (non-hydrogen) atoms. The molecule has 0 saturated carbocycles. The lowest BCUT2D eigenvalue weighted by Gasteiger charge is -1.86. The standard InChI is InChI=1S/C6H3BrN2/c7-5-1-2-9-6(3-5)4-8/h1-3H/i1D,2D,3D.